The van der Waals surface area contributed by atoms with E-state index in [2.05, 4.69) is 26.5 Å². The van der Waals surface area contributed by atoms with Crippen LogP contribution in [0.3, 0.4) is 0 Å². The van der Waals surface area contributed by atoms with Gasteiger partial charge in [-0.2, -0.15) is 5.10 Å². The third-order valence-electron chi connectivity index (χ3n) is 7.24. The minimum Gasteiger partial charge on any atom is -0.372 e. The Balaban J connectivity index is 1.62. The molecule has 0 radical (unpaired) electrons. The average molecular weight is 491 g/mol. The Labute approximate surface area is 207 Å². The Bertz CT molecular complexity index is 1440. The zero-order chi connectivity index (χ0) is 25.7. The Morgan fingerprint density at radius 2 is 2.11 bits per heavy atom. The topological polar surface area (TPSA) is 119 Å². The van der Waals surface area contributed by atoms with Crippen molar-refractivity contribution in [2.45, 2.75) is 44.2 Å². The number of likely N-dealkylation sites (N-methyl/N-ethyl adjacent to an activating group) is 1. The summed E-state index contributed by atoms with van der Waals surface area (Å²) in [6.45, 7) is 2.19. The van der Waals surface area contributed by atoms with Gasteiger partial charge in [0.15, 0.2) is 6.10 Å². The molecule has 1 aromatic carbocycles. The molecule has 3 N–H and O–H groups in total. The maximum atomic E-state index is 15.1. The van der Waals surface area contributed by atoms with Gasteiger partial charge in [0, 0.05) is 50.6 Å². The highest BCUT2D eigenvalue weighted by atomic mass is 19.1. The Morgan fingerprint density at radius 1 is 1.36 bits per heavy atom. The van der Waals surface area contributed by atoms with Gasteiger partial charge < -0.3 is 20.3 Å². The molecule has 0 spiro atoms. The van der Waals surface area contributed by atoms with Crippen molar-refractivity contribution in [1.29, 1.82) is 0 Å². The lowest BCUT2D eigenvalue weighted by Gasteiger charge is -2.35. The van der Waals surface area contributed by atoms with Crippen LogP contribution in [0.15, 0.2) is 24.4 Å². The van der Waals surface area contributed by atoms with E-state index in [1.807, 2.05) is 13.1 Å². The number of carbonyl (C=O) groups is 2. The summed E-state index contributed by atoms with van der Waals surface area (Å²) in [6, 6.07) is 5.05. The van der Waals surface area contributed by atoms with Gasteiger partial charge in [0.2, 0.25) is 0 Å². The summed E-state index contributed by atoms with van der Waals surface area (Å²) >= 11 is 0. The maximum Gasteiger partial charge on any atom is 0.269 e. The van der Waals surface area contributed by atoms with E-state index in [9.17, 15) is 14.7 Å². The van der Waals surface area contributed by atoms with Crippen LogP contribution >= 0.6 is 0 Å². The molecule has 1 unspecified atom stereocenters. The van der Waals surface area contributed by atoms with Crippen LogP contribution in [0.5, 0.6) is 0 Å². The lowest BCUT2D eigenvalue weighted by Crippen LogP contribution is -2.35. The predicted octanol–water partition coefficient (Wildman–Crippen LogP) is 1.74. The summed E-state index contributed by atoms with van der Waals surface area (Å²) in [5.41, 5.74) is 9.05. The highest BCUT2D eigenvalue weighted by Gasteiger charge is 2.41. The van der Waals surface area contributed by atoms with E-state index >= 15 is 4.39 Å². The summed E-state index contributed by atoms with van der Waals surface area (Å²) in [6.07, 6.45) is 2.15. The van der Waals surface area contributed by atoms with Gasteiger partial charge in [0.05, 0.1) is 11.3 Å². The number of nitrogens with zero attached hydrogens (tertiary/aromatic N) is 5. The quantitative estimate of drug-likeness (QED) is 0.528. The molecule has 36 heavy (non-hydrogen) atoms. The van der Waals surface area contributed by atoms with Gasteiger partial charge in [-0.3, -0.25) is 14.3 Å². The molecule has 1 atom stereocenters. The second kappa shape index (κ2) is 8.91. The number of carbonyl (C=O) groups excluding carboxylic acids is 2. The number of amides is 2. The van der Waals surface area contributed by atoms with Crippen LogP contribution in [0.25, 0.3) is 11.4 Å². The smallest absolute Gasteiger partial charge is 0.269 e. The van der Waals surface area contributed by atoms with E-state index < -0.39 is 23.7 Å². The molecule has 1 fully saturated rings. The van der Waals surface area contributed by atoms with Crippen LogP contribution in [-0.4, -0.2) is 60.8 Å². The molecule has 1 saturated carbocycles. The number of hydrogen-bond acceptors (Lipinski definition) is 5. The number of hydrogen-bond donors (Lipinski definition) is 2. The van der Waals surface area contributed by atoms with Crippen LogP contribution in [0.1, 0.15) is 64.7 Å². The van der Waals surface area contributed by atoms with Crippen molar-refractivity contribution in [3.63, 3.8) is 0 Å². The molecule has 10 heteroatoms. The average Bonchev–Trinajstić information content (AvgIpc) is 3.33. The van der Waals surface area contributed by atoms with E-state index in [-0.39, 0.29) is 23.2 Å². The van der Waals surface area contributed by atoms with Crippen molar-refractivity contribution in [2.24, 2.45) is 12.8 Å². The molecule has 186 valence electrons. The molecule has 2 aliphatic heterocycles. The Hall–Kier alpha value is -3.97. The second-order valence-corrected chi connectivity index (χ2v) is 9.35. The normalized spacial score (nSPS) is 18.1. The van der Waals surface area contributed by atoms with Gasteiger partial charge in [0.25, 0.3) is 11.8 Å². The molecule has 3 aromatic rings. The van der Waals surface area contributed by atoms with Crippen molar-refractivity contribution < 1.29 is 19.1 Å². The van der Waals surface area contributed by atoms with Crippen LogP contribution in [0, 0.1) is 17.7 Å². The van der Waals surface area contributed by atoms with Crippen LogP contribution in [0.2, 0.25) is 0 Å². The van der Waals surface area contributed by atoms with Gasteiger partial charge in [0.1, 0.15) is 17.3 Å². The van der Waals surface area contributed by atoms with Gasteiger partial charge in [-0.1, -0.05) is 11.8 Å². The van der Waals surface area contributed by atoms with Crippen molar-refractivity contribution >= 4 is 11.8 Å². The first kappa shape index (κ1) is 23.8. The van der Waals surface area contributed by atoms with Crippen LogP contribution in [-0.2, 0) is 18.3 Å². The van der Waals surface area contributed by atoms with Crippen molar-refractivity contribution in [3.05, 3.63) is 58.4 Å². The van der Waals surface area contributed by atoms with Gasteiger partial charge in [-0.05, 0) is 49.4 Å². The molecule has 4 heterocycles. The van der Waals surface area contributed by atoms with Gasteiger partial charge >= 0.3 is 0 Å². The molecule has 3 aliphatic rings. The zero-order valence-electron chi connectivity index (χ0n) is 20.3. The largest absolute Gasteiger partial charge is 0.372 e. The third kappa shape index (κ3) is 3.85. The third-order valence-corrected chi connectivity index (χ3v) is 7.24. The highest BCUT2D eigenvalue weighted by molar-refractivity contribution is 5.93. The Kier molecular flexibility index (Phi) is 5.88. The van der Waals surface area contributed by atoms with Crippen LogP contribution in [0.4, 0.5) is 4.39 Å². The highest BCUT2D eigenvalue weighted by Crippen LogP contribution is 2.53. The zero-order valence-corrected chi connectivity index (χ0v) is 20.3. The summed E-state index contributed by atoms with van der Waals surface area (Å²) in [5.74, 6) is 4.08. The number of aromatic nitrogens is 4. The van der Waals surface area contributed by atoms with Crippen molar-refractivity contribution in [2.75, 3.05) is 13.6 Å². The summed E-state index contributed by atoms with van der Waals surface area (Å²) in [4.78, 5) is 30.5. The summed E-state index contributed by atoms with van der Waals surface area (Å²) in [5, 5.41) is 14.4. The maximum absolute atomic E-state index is 15.1. The predicted molar refractivity (Wildman–Crippen MR) is 129 cm³/mol. The number of aryl methyl sites for hydroxylation is 1. The van der Waals surface area contributed by atoms with E-state index in [1.54, 1.807) is 30.9 Å². The first-order valence-electron chi connectivity index (χ1n) is 11.9. The minimum atomic E-state index is -1.56. The lowest BCUT2D eigenvalue weighted by atomic mass is 9.75. The number of aliphatic hydroxyl groups is 1. The molecule has 2 bridgehead atoms. The fraction of sp³-hybridized carbons (Fsp3) is 0.385. The number of aliphatic hydroxyl groups excluding tert-OH is 1. The molecular weight excluding hydrogens is 463 g/mol. The van der Waals surface area contributed by atoms with Crippen molar-refractivity contribution in [3.8, 4) is 23.2 Å². The molecular formula is C26H27FN6O3. The first-order valence-corrected chi connectivity index (χ1v) is 11.9. The standard InChI is InChI=1S/C26H27FN6O3/c1-4-31(2)26(36)22(34)6-5-14-11-19-18(13-20(14)27)15-9-17(10-15)33-21(12-16-7-8-29-32(16)3)23(24(28)35)30-25(19)33/h7-8,11,13,15,17,22,34H,4,9-10,12H2,1-3H3,(H2,28,35). The number of benzene rings is 1. The number of rotatable bonds is 5. The first-order chi connectivity index (χ1) is 17.2. The Morgan fingerprint density at radius 3 is 2.75 bits per heavy atom. The number of imidazole rings is 1. The van der Waals surface area contributed by atoms with E-state index in [1.165, 1.54) is 11.0 Å². The molecule has 2 aromatic heterocycles. The monoisotopic (exact) mass is 490 g/mol. The van der Waals surface area contributed by atoms with Gasteiger partial charge in [-0.25, -0.2) is 9.37 Å². The lowest BCUT2D eigenvalue weighted by molar-refractivity contribution is -0.135. The van der Waals surface area contributed by atoms with E-state index in [0.717, 1.165) is 24.1 Å². The van der Waals surface area contributed by atoms with E-state index in [0.29, 0.717) is 30.0 Å². The van der Waals surface area contributed by atoms with Gasteiger partial charge in [-0.15, -0.1) is 0 Å². The molecule has 2 amide bonds. The fourth-order valence-electron chi connectivity index (χ4n) is 5.00. The van der Waals surface area contributed by atoms with Crippen LogP contribution < -0.4 is 5.73 Å². The number of primary amides is 1. The number of nitrogens with two attached hydrogens (primary N) is 1. The molecule has 9 nitrogen and oxygen atoms in total. The van der Waals surface area contributed by atoms with Crippen molar-refractivity contribution in [1.82, 2.24) is 24.2 Å². The number of halogens is 1. The summed E-state index contributed by atoms with van der Waals surface area (Å²) in [7, 11) is 3.39. The molecule has 1 aliphatic carbocycles. The van der Waals surface area contributed by atoms with E-state index in [4.69, 9.17) is 5.73 Å². The minimum absolute atomic E-state index is 0.0437. The molecule has 0 saturated heterocycles. The molecule has 6 rings (SSSR count). The second-order valence-electron chi connectivity index (χ2n) is 9.35. The SMILES string of the molecule is CCN(C)C(=O)C(O)C#Cc1cc2c(cc1F)C1CC(C1)n1c-2nc(C(N)=O)c1Cc1ccnn1C. The summed E-state index contributed by atoms with van der Waals surface area (Å²) < 4.78 is 18.9. The fourth-order valence-corrected chi connectivity index (χ4v) is 5.00.